The number of amides is 1. The lowest BCUT2D eigenvalue weighted by molar-refractivity contribution is -0.0429. The molecule has 2 fully saturated rings. The van der Waals surface area contributed by atoms with Crippen molar-refractivity contribution in [3.8, 4) is 0 Å². The molecule has 1 aromatic carbocycles. The fourth-order valence-electron chi connectivity index (χ4n) is 3.67. The summed E-state index contributed by atoms with van der Waals surface area (Å²) in [5.74, 6) is -0.183. The number of halogens is 3. The van der Waals surface area contributed by atoms with E-state index < -0.39 is 15.5 Å². The molecule has 162 valence electrons. The van der Waals surface area contributed by atoms with Crippen LogP contribution in [0.5, 0.6) is 0 Å². The molecule has 0 spiro atoms. The molecule has 3 N–H and O–H groups in total. The molecule has 0 aliphatic carbocycles. The van der Waals surface area contributed by atoms with Crippen LogP contribution in [0.3, 0.4) is 0 Å². The maximum absolute atomic E-state index is 12.7. The van der Waals surface area contributed by atoms with E-state index in [1.165, 1.54) is 29.5 Å². The van der Waals surface area contributed by atoms with Crippen molar-refractivity contribution in [2.24, 2.45) is 0 Å². The number of anilines is 1. The average molecular weight is 478 g/mol. The average Bonchev–Trinajstić information content (AvgIpc) is 3.39. The SMILES string of the molecule is O=C(N[C@@H]1C[C@H]2CC[C@@H]1N2)c1ccc(Sc2ccccc2NS(=O)(=O)C(F)(F)F)s1. The third kappa shape index (κ3) is 4.46. The van der Waals surface area contributed by atoms with Gasteiger partial charge in [0.1, 0.15) is 0 Å². The van der Waals surface area contributed by atoms with E-state index in [9.17, 15) is 26.4 Å². The number of carbonyl (C=O) groups is 1. The van der Waals surface area contributed by atoms with Crippen molar-refractivity contribution in [2.75, 3.05) is 4.72 Å². The zero-order valence-electron chi connectivity index (χ0n) is 15.4. The first kappa shape index (κ1) is 21.5. The lowest BCUT2D eigenvalue weighted by Crippen LogP contribution is -2.42. The van der Waals surface area contributed by atoms with Gasteiger partial charge in [0.2, 0.25) is 0 Å². The van der Waals surface area contributed by atoms with Crippen LogP contribution in [0, 0.1) is 0 Å². The number of carbonyl (C=O) groups excluding carboxylic acids is 1. The van der Waals surface area contributed by atoms with Crippen molar-refractivity contribution in [2.45, 2.75) is 52.0 Å². The van der Waals surface area contributed by atoms with Gasteiger partial charge in [0.05, 0.1) is 14.8 Å². The lowest BCUT2D eigenvalue weighted by atomic mass is 9.95. The highest BCUT2D eigenvalue weighted by Crippen LogP contribution is 2.39. The molecular weight excluding hydrogens is 459 g/mol. The summed E-state index contributed by atoms with van der Waals surface area (Å²) in [6.07, 6.45) is 3.09. The first-order valence-electron chi connectivity index (χ1n) is 9.15. The predicted molar refractivity (Wildman–Crippen MR) is 109 cm³/mol. The Bertz CT molecular complexity index is 1060. The van der Waals surface area contributed by atoms with Crippen LogP contribution >= 0.6 is 23.1 Å². The quantitative estimate of drug-likeness (QED) is 0.590. The largest absolute Gasteiger partial charge is 0.516 e. The second-order valence-electron chi connectivity index (χ2n) is 7.13. The van der Waals surface area contributed by atoms with Crippen LogP contribution in [-0.2, 0) is 10.0 Å². The van der Waals surface area contributed by atoms with Crippen molar-refractivity contribution >= 4 is 44.7 Å². The number of benzene rings is 1. The van der Waals surface area contributed by atoms with Crippen LogP contribution in [0.4, 0.5) is 18.9 Å². The summed E-state index contributed by atoms with van der Waals surface area (Å²) >= 11 is 2.29. The number of hydrogen-bond acceptors (Lipinski definition) is 6. The van der Waals surface area contributed by atoms with E-state index >= 15 is 0 Å². The number of thiophene rings is 1. The van der Waals surface area contributed by atoms with E-state index in [4.69, 9.17) is 0 Å². The van der Waals surface area contributed by atoms with E-state index in [-0.39, 0.29) is 17.6 Å². The van der Waals surface area contributed by atoms with Crippen molar-refractivity contribution < 1.29 is 26.4 Å². The van der Waals surface area contributed by atoms with Gasteiger partial charge >= 0.3 is 15.5 Å². The van der Waals surface area contributed by atoms with Gasteiger partial charge in [-0.1, -0.05) is 23.9 Å². The molecule has 12 heteroatoms. The Kier molecular flexibility index (Phi) is 5.77. The first-order valence-corrected chi connectivity index (χ1v) is 12.3. The molecule has 3 atom stereocenters. The monoisotopic (exact) mass is 477 g/mol. The Morgan fingerprint density at radius 2 is 1.93 bits per heavy atom. The smallest absolute Gasteiger partial charge is 0.347 e. The topological polar surface area (TPSA) is 87.3 Å². The summed E-state index contributed by atoms with van der Waals surface area (Å²) in [6, 6.07) is 10.0. The number of rotatable bonds is 6. The minimum absolute atomic E-state index is 0.104. The van der Waals surface area contributed by atoms with Crippen molar-refractivity contribution in [1.29, 1.82) is 0 Å². The maximum Gasteiger partial charge on any atom is 0.516 e. The molecule has 2 aliphatic heterocycles. The third-order valence-electron chi connectivity index (χ3n) is 5.07. The Labute approximate surface area is 179 Å². The number of fused-ring (bicyclic) bond motifs is 2. The Hall–Kier alpha value is -1.76. The fraction of sp³-hybridized carbons (Fsp3) is 0.389. The van der Waals surface area contributed by atoms with Gasteiger partial charge in [-0.3, -0.25) is 9.52 Å². The molecule has 1 amide bonds. The van der Waals surface area contributed by atoms with Crippen LogP contribution in [0.15, 0.2) is 45.5 Å². The van der Waals surface area contributed by atoms with Crippen molar-refractivity contribution in [1.82, 2.24) is 10.6 Å². The number of hydrogen-bond donors (Lipinski definition) is 3. The summed E-state index contributed by atoms with van der Waals surface area (Å²) < 4.78 is 63.2. The molecule has 4 rings (SSSR count). The van der Waals surface area contributed by atoms with Gasteiger partial charge in [-0.2, -0.15) is 21.6 Å². The van der Waals surface area contributed by atoms with E-state index in [0.29, 0.717) is 26.1 Å². The molecule has 2 aliphatic rings. The number of sulfonamides is 1. The van der Waals surface area contributed by atoms with Gasteiger partial charge in [-0.15, -0.1) is 11.3 Å². The predicted octanol–water partition coefficient (Wildman–Crippen LogP) is 3.78. The number of alkyl halides is 3. The highest BCUT2D eigenvalue weighted by molar-refractivity contribution is 8.01. The maximum atomic E-state index is 12.7. The summed E-state index contributed by atoms with van der Waals surface area (Å²) in [4.78, 5) is 13.3. The second kappa shape index (κ2) is 8.06. The molecule has 0 saturated carbocycles. The zero-order chi connectivity index (χ0) is 21.5. The Balaban J connectivity index is 1.45. The summed E-state index contributed by atoms with van der Waals surface area (Å²) in [5, 5.41) is 6.50. The minimum Gasteiger partial charge on any atom is -0.347 e. The molecule has 30 heavy (non-hydrogen) atoms. The van der Waals surface area contributed by atoms with Gasteiger partial charge in [-0.05, 0) is 43.5 Å². The van der Waals surface area contributed by atoms with Gasteiger partial charge in [0.25, 0.3) is 5.91 Å². The molecule has 6 nitrogen and oxygen atoms in total. The van der Waals surface area contributed by atoms with Gasteiger partial charge in [-0.25, -0.2) is 0 Å². The molecule has 0 unspecified atom stereocenters. The molecule has 1 aromatic heterocycles. The highest BCUT2D eigenvalue weighted by Gasteiger charge is 2.46. The Morgan fingerprint density at radius 3 is 2.60 bits per heavy atom. The van der Waals surface area contributed by atoms with Crippen LogP contribution < -0.4 is 15.4 Å². The van der Waals surface area contributed by atoms with E-state index in [2.05, 4.69) is 10.6 Å². The van der Waals surface area contributed by atoms with E-state index in [1.807, 2.05) is 0 Å². The summed E-state index contributed by atoms with van der Waals surface area (Å²) in [5.41, 5.74) is -5.58. The highest BCUT2D eigenvalue weighted by atomic mass is 32.2. The molecular formula is C18H18F3N3O3S3. The van der Waals surface area contributed by atoms with Crippen LogP contribution in [0.25, 0.3) is 0 Å². The molecule has 2 saturated heterocycles. The van der Waals surface area contributed by atoms with Gasteiger partial charge in [0.15, 0.2) is 0 Å². The van der Waals surface area contributed by atoms with Crippen LogP contribution in [-0.4, -0.2) is 38.0 Å². The second-order valence-corrected chi connectivity index (χ2v) is 11.2. The van der Waals surface area contributed by atoms with Gasteiger partial charge in [0, 0.05) is 23.0 Å². The molecule has 0 radical (unpaired) electrons. The van der Waals surface area contributed by atoms with Crippen LogP contribution in [0.1, 0.15) is 28.9 Å². The molecule has 3 heterocycles. The van der Waals surface area contributed by atoms with Gasteiger partial charge < -0.3 is 10.6 Å². The van der Waals surface area contributed by atoms with E-state index in [0.717, 1.165) is 31.0 Å². The third-order valence-corrected chi connectivity index (χ3v) is 8.46. The minimum atomic E-state index is -5.52. The van der Waals surface area contributed by atoms with Crippen molar-refractivity contribution in [3.05, 3.63) is 41.3 Å². The van der Waals surface area contributed by atoms with E-state index in [1.54, 1.807) is 22.9 Å². The number of para-hydroxylation sites is 1. The normalized spacial score (nSPS) is 23.5. The molecule has 2 aromatic rings. The summed E-state index contributed by atoms with van der Waals surface area (Å²) in [7, 11) is -5.52. The zero-order valence-corrected chi connectivity index (χ0v) is 17.9. The standard InChI is InChI=1S/C18H18F3N3O3S3/c19-18(20,21)30(26,27)24-12-3-1-2-4-14(12)28-16-8-7-15(29-16)17(25)23-13-9-10-5-6-11(13)22-10/h1-4,7-8,10-11,13,22,24H,5-6,9H2,(H,23,25)/t10-,11+,13-/m1/s1. The van der Waals surface area contributed by atoms with Crippen molar-refractivity contribution in [3.63, 3.8) is 0 Å². The summed E-state index contributed by atoms with van der Waals surface area (Å²) in [6.45, 7) is 0. The number of nitrogens with one attached hydrogen (secondary N) is 3. The Morgan fingerprint density at radius 1 is 1.17 bits per heavy atom. The first-order chi connectivity index (χ1) is 14.1. The lowest BCUT2D eigenvalue weighted by Gasteiger charge is -2.20. The molecule has 2 bridgehead atoms. The van der Waals surface area contributed by atoms with Crippen LogP contribution in [0.2, 0.25) is 0 Å². The fourth-order valence-corrected chi connectivity index (χ4v) is 6.39.